The third kappa shape index (κ3) is 2.53. The average molecular weight is 234 g/mol. The van der Waals surface area contributed by atoms with Gasteiger partial charge in [-0.05, 0) is 42.8 Å². The maximum atomic E-state index is 13.6. The van der Waals surface area contributed by atoms with Gasteiger partial charge in [0.2, 0.25) is 0 Å². The number of hydrogen-bond acceptors (Lipinski definition) is 2. The van der Waals surface area contributed by atoms with Gasteiger partial charge < -0.3 is 11.1 Å². The van der Waals surface area contributed by atoms with Gasteiger partial charge in [0.05, 0.1) is 17.1 Å². The number of anilines is 3. The zero-order chi connectivity index (χ0) is 12.4. The Kier molecular flexibility index (Phi) is 2.95. The molecule has 4 heteroatoms. The van der Waals surface area contributed by atoms with Gasteiger partial charge in [-0.15, -0.1) is 0 Å². The summed E-state index contributed by atoms with van der Waals surface area (Å²) in [6, 6.07) is 8.75. The van der Waals surface area contributed by atoms with E-state index >= 15 is 0 Å². The van der Waals surface area contributed by atoms with Crippen molar-refractivity contribution in [2.24, 2.45) is 0 Å². The Morgan fingerprint density at radius 1 is 1.00 bits per heavy atom. The molecule has 0 aliphatic rings. The Hall–Kier alpha value is -2.10. The molecule has 0 radical (unpaired) electrons. The highest BCUT2D eigenvalue weighted by Crippen LogP contribution is 2.25. The van der Waals surface area contributed by atoms with Crippen molar-refractivity contribution in [2.75, 3.05) is 11.1 Å². The highest BCUT2D eigenvalue weighted by molar-refractivity contribution is 5.72. The molecule has 0 aromatic heterocycles. The summed E-state index contributed by atoms with van der Waals surface area (Å²) in [6.07, 6.45) is 0. The Labute approximate surface area is 98.1 Å². The lowest BCUT2D eigenvalue weighted by atomic mass is 10.2. The summed E-state index contributed by atoms with van der Waals surface area (Å²) >= 11 is 0. The fourth-order valence-corrected chi connectivity index (χ4v) is 1.51. The predicted octanol–water partition coefficient (Wildman–Crippen LogP) is 3.60. The molecule has 2 aromatic rings. The van der Waals surface area contributed by atoms with Crippen LogP contribution in [0.4, 0.5) is 25.8 Å². The molecule has 2 rings (SSSR count). The molecule has 0 unspecified atom stereocenters. The smallest absolute Gasteiger partial charge is 0.146 e. The molecule has 17 heavy (non-hydrogen) atoms. The molecule has 88 valence electrons. The molecule has 0 aliphatic heterocycles. The molecule has 0 spiro atoms. The second-order valence-corrected chi connectivity index (χ2v) is 3.84. The number of nitrogens with two attached hydrogens (primary N) is 1. The van der Waals surface area contributed by atoms with Crippen LogP contribution in [0.2, 0.25) is 0 Å². The molecule has 2 aromatic carbocycles. The van der Waals surface area contributed by atoms with Crippen molar-refractivity contribution in [1.82, 2.24) is 0 Å². The minimum Gasteiger partial charge on any atom is -0.397 e. The number of rotatable bonds is 2. The first kappa shape index (κ1) is 11.4. The summed E-state index contributed by atoms with van der Waals surface area (Å²) in [5.74, 6) is -0.786. The highest BCUT2D eigenvalue weighted by Gasteiger charge is 2.05. The van der Waals surface area contributed by atoms with E-state index in [0.29, 0.717) is 11.4 Å². The minimum absolute atomic E-state index is 0.241. The van der Waals surface area contributed by atoms with Crippen LogP contribution < -0.4 is 11.1 Å². The van der Waals surface area contributed by atoms with Gasteiger partial charge in [0.1, 0.15) is 11.6 Å². The van der Waals surface area contributed by atoms with Gasteiger partial charge in [-0.1, -0.05) is 6.07 Å². The Balaban J connectivity index is 2.31. The van der Waals surface area contributed by atoms with Gasteiger partial charge >= 0.3 is 0 Å². The van der Waals surface area contributed by atoms with Crippen LogP contribution in [0.15, 0.2) is 36.4 Å². The quantitative estimate of drug-likeness (QED) is 0.779. The van der Waals surface area contributed by atoms with Crippen molar-refractivity contribution < 1.29 is 8.78 Å². The topological polar surface area (TPSA) is 38.0 Å². The van der Waals surface area contributed by atoms with Crippen LogP contribution in [0, 0.1) is 18.6 Å². The van der Waals surface area contributed by atoms with Crippen LogP contribution >= 0.6 is 0 Å². The molecule has 0 amide bonds. The zero-order valence-electron chi connectivity index (χ0n) is 9.30. The molecule has 3 N–H and O–H groups in total. The van der Waals surface area contributed by atoms with Gasteiger partial charge in [-0.25, -0.2) is 8.78 Å². The highest BCUT2D eigenvalue weighted by atomic mass is 19.1. The van der Waals surface area contributed by atoms with Crippen molar-refractivity contribution in [3.05, 3.63) is 53.6 Å². The SMILES string of the molecule is Cc1ccc(Nc2ccc(F)cc2N)c(F)c1. The van der Waals surface area contributed by atoms with Gasteiger partial charge in [0.15, 0.2) is 0 Å². The summed E-state index contributed by atoms with van der Waals surface area (Å²) in [7, 11) is 0. The number of halogens is 2. The van der Waals surface area contributed by atoms with Gasteiger partial charge in [-0.2, -0.15) is 0 Å². The lowest BCUT2D eigenvalue weighted by molar-refractivity contribution is 0.628. The van der Waals surface area contributed by atoms with E-state index in [0.717, 1.165) is 5.56 Å². The summed E-state index contributed by atoms with van der Waals surface area (Å²) < 4.78 is 26.4. The predicted molar refractivity (Wildman–Crippen MR) is 65.2 cm³/mol. The van der Waals surface area contributed by atoms with Gasteiger partial charge in [0.25, 0.3) is 0 Å². The van der Waals surface area contributed by atoms with E-state index < -0.39 is 5.82 Å². The number of nitrogen functional groups attached to an aromatic ring is 1. The van der Waals surface area contributed by atoms with Crippen LogP contribution in [0.3, 0.4) is 0 Å². The molecule has 0 heterocycles. The lowest BCUT2D eigenvalue weighted by Crippen LogP contribution is -1.99. The first-order valence-corrected chi connectivity index (χ1v) is 5.14. The van der Waals surface area contributed by atoms with Gasteiger partial charge in [-0.3, -0.25) is 0 Å². The summed E-state index contributed by atoms with van der Waals surface area (Å²) in [5.41, 5.74) is 7.49. The molecule has 0 saturated heterocycles. The van der Waals surface area contributed by atoms with Crippen LogP contribution in [0.1, 0.15) is 5.56 Å². The van der Waals surface area contributed by atoms with Crippen molar-refractivity contribution in [3.8, 4) is 0 Å². The van der Waals surface area contributed by atoms with Crippen LogP contribution in [-0.4, -0.2) is 0 Å². The third-order valence-electron chi connectivity index (χ3n) is 2.41. The second kappa shape index (κ2) is 4.41. The fourth-order valence-electron chi connectivity index (χ4n) is 1.51. The Bertz CT molecular complexity index is 504. The van der Waals surface area contributed by atoms with E-state index in [1.165, 1.54) is 24.3 Å². The number of aryl methyl sites for hydroxylation is 1. The first-order chi connectivity index (χ1) is 8.06. The van der Waals surface area contributed by atoms with Crippen LogP contribution in [0.5, 0.6) is 0 Å². The average Bonchev–Trinajstić information content (AvgIpc) is 2.25. The number of benzene rings is 2. The van der Waals surface area contributed by atoms with E-state index in [-0.39, 0.29) is 11.5 Å². The van der Waals surface area contributed by atoms with Crippen molar-refractivity contribution in [1.29, 1.82) is 0 Å². The monoisotopic (exact) mass is 234 g/mol. The standard InChI is InChI=1S/C13H12F2N2/c1-8-2-4-12(10(15)6-8)17-13-5-3-9(14)7-11(13)16/h2-7,17H,16H2,1H3. The molecule has 2 nitrogen and oxygen atoms in total. The van der Waals surface area contributed by atoms with Crippen LogP contribution in [0.25, 0.3) is 0 Å². The first-order valence-electron chi connectivity index (χ1n) is 5.14. The van der Waals surface area contributed by atoms with Crippen molar-refractivity contribution in [2.45, 2.75) is 6.92 Å². The number of hydrogen-bond donors (Lipinski definition) is 2. The molecule has 0 bridgehead atoms. The molecule has 0 fully saturated rings. The molecule has 0 saturated carbocycles. The normalized spacial score (nSPS) is 10.3. The van der Waals surface area contributed by atoms with E-state index in [9.17, 15) is 8.78 Å². The maximum absolute atomic E-state index is 13.6. The Morgan fingerprint density at radius 2 is 1.71 bits per heavy atom. The summed E-state index contributed by atoms with van der Waals surface area (Å²) in [4.78, 5) is 0. The van der Waals surface area contributed by atoms with Crippen molar-refractivity contribution in [3.63, 3.8) is 0 Å². The van der Waals surface area contributed by atoms with Crippen LogP contribution in [-0.2, 0) is 0 Å². The fraction of sp³-hybridized carbons (Fsp3) is 0.0769. The summed E-state index contributed by atoms with van der Waals surface area (Å²) in [6.45, 7) is 1.80. The number of nitrogens with one attached hydrogen (secondary N) is 1. The van der Waals surface area contributed by atoms with E-state index in [1.54, 1.807) is 19.1 Å². The maximum Gasteiger partial charge on any atom is 0.146 e. The van der Waals surface area contributed by atoms with Gasteiger partial charge in [0, 0.05) is 0 Å². The largest absolute Gasteiger partial charge is 0.397 e. The molecule has 0 aliphatic carbocycles. The van der Waals surface area contributed by atoms with Crippen molar-refractivity contribution >= 4 is 17.1 Å². The molecular weight excluding hydrogens is 222 g/mol. The zero-order valence-corrected chi connectivity index (χ0v) is 9.30. The summed E-state index contributed by atoms with van der Waals surface area (Å²) in [5, 5.41) is 2.83. The Morgan fingerprint density at radius 3 is 2.35 bits per heavy atom. The van der Waals surface area contributed by atoms with E-state index in [1.807, 2.05) is 0 Å². The third-order valence-corrected chi connectivity index (χ3v) is 2.41. The molecule has 0 atom stereocenters. The van der Waals surface area contributed by atoms with E-state index in [4.69, 9.17) is 5.73 Å². The second-order valence-electron chi connectivity index (χ2n) is 3.84. The lowest BCUT2D eigenvalue weighted by Gasteiger charge is -2.10. The minimum atomic E-state index is -0.419. The van der Waals surface area contributed by atoms with E-state index in [2.05, 4.69) is 5.32 Å². The molecular formula is C13H12F2N2.